The van der Waals surface area contributed by atoms with Gasteiger partial charge in [-0.1, -0.05) is 13.8 Å². The summed E-state index contributed by atoms with van der Waals surface area (Å²) in [7, 11) is -3.36. The Morgan fingerprint density at radius 3 is 2.35 bits per heavy atom. The molecule has 0 radical (unpaired) electrons. The molecule has 2 heterocycles. The fourth-order valence-electron chi connectivity index (χ4n) is 3.54. The molecule has 132 valence electrons. The summed E-state index contributed by atoms with van der Waals surface area (Å²) in [5.74, 6) is -0.0851. The van der Waals surface area contributed by atoms with Crippen molar-refractivity contribution in [2.45, 2.75) is 27.2 Å². The van der Waals surface area contributed by atoms with E-state index in [9.17, 15) is 18.0 Å². The topological polar surface area (TPSA) is 78.0 Å². The Balaban J connectivity index is 2.33. The van der Waals surface area contributed by atoms with Crippen LogP contribution in [0, 0.1) is 11.3 Å². The van der Waals surface area contributed by atoms with Crippen molar-refractivity contribution in [3.8, 4) is 0 Å². The number of nitrogens with zero attached hydrogens (tertiary/aromatic N) is 3. The van der Waals surface area contributed by atoms with Gasteiger partial charge in [0.15, 0.2) is 0 Å². The lowest BCUT2D eigenvalue weighted by Crippen LogP contribution is -2.46. The van der Waals surface area contributed by atoms with E-state index in [-0.39, 0.29) is 17.7 Å². The van der Waals surface area contributed by atoms with Crippen LogP contribution < -0.4 is 0 Å². The molecule has 2 aliphatic heterocycles. The second-order valence-electron chi connectivity index (χ2n) is 7.10. The molecule has 2 amide bonds. The normalized spacial score (nSPS) is 27.1. The van der Waals surface area contributed by atoms with Crippen molar-refractivity contribution in [3.63, 3.8) is 0 Å². The molecule has 0 saturated carbocycles. The minimum absolute atomic E-state index is 0.0159. The molecule has 0 N–H and O–H groups in total. The maximum Gasteiger partial charge on any atom is 0.225 e. The minimum Gasteiger partial charge on any atom is -0.342 e. The summed E-state index contributed by atoms with van der Waals surface area (Å²) < 4.78 is 25.5. The van der Waals surface area contributed by atoms with E-state index in [0.29, 0.717) is 45.7 Å². The standard InChI is InChI=1S/C15H27N3O4S/c1-5-16-9-15(8-13(16)19)10-17(14(20)12(2)3)6-7-18(11-15)23(4,21)22/h12H,5-11H2,1-4H3/t15-/m1/s1. The molecule has 2 saturated heterocycles. The molecule has 2 fully saturated rings. The van der Waals surface area contributed by atoms with Crippen LogP contribution in [0.4, 0.5) is 0 Å². The second-order valence-corrected chi connectivity index (χ2v) is 9.08. The third kappa shape index (κ3) is 3.85. The SMILES string of the molecule is CCN1C[C@]2(CC1=O)CN(C(=O)C(C)C)CCN(S(C)(=O)=O)C2. The highest BCUT2D eigenvalue weighted by Gasteiger charge is 2.48. The van der Waals surface area contributed by atoms with Gasteiger partial charge in [0, 0.05) is 57.0 Å². The zero-order valence-electron chi connectivity index (χ0n) is 14.4. The van der Waals surface area contributed by atoms with Crippen LogP contribution >= 0.6 is 0 Å². The van der Waals surface area contributed by atoms with Crippen molar-refractivity contribution in [1.29, 1.82) is 0 Å². The van der Waals surface area contributed by atoms with Crippen LogP contribution in [0.2, 0.25) is 0 Å². The van der Waals surface area contributed by atoms with Crippen molar-refractivity contribution in [3.05, 3.63) is 0 Å². The van der Waals surface area contributed by atoms with Crippen LogP contribution in [0.25, 0.3) is 0 Å². The molecule has 0 bridgehead atoms. The van der Waals surface area contributed by atoms with E-state index in [1.807, 2.05) is 20.8 Å². The minimum atomic E-state index is -3.36. The zero-order valence-corrected chi connectivity index (χ0v) is 15.2. The van der Waals surface area contributed by atoms with Crippen LogP contribution in [0.15, 0.2) is 0 Å². The number of rotatable bonds is 3. The van der Waals surface area contributed by atoms with Gasteiger partial charge >= 0.3 is 0 Å². The fourth-order valence-corrected chi connectivity index (χ4v) is 4.46. The van der Waals surface area contributed by atoms with Gasteiger partial charge in [-0.2, -0.15) is 4.31 Å². The van der Waals surface area contributed by atoms with E-state index >= 15 is 0 Å². The van der Waals surface area contributed by atoms with E-state index in [4.69, 9.17) is 0 Å². The molecule has 0 aliphatic carbocycles. The molecule has 2 rings (SSSR count). The van der Waals surface area contributed by atoms with Crippen LogP contribution in [0.3, 0.4) is 0 Å². The number of carbonyl (C=O) groups is 2. The van der Waals surface area contributed by atoms with E-state index in [1.54, 1.807) is 9.80 Å². The number of likely N-dealkylation sites (tertiary alicyclic amines) is 1. The van der Waals surface area contributed by atoms with Gasteiger partial charge in [-0.05, 0) is 6.92 Å². The summed E-state index contributed by atoms with van der Waals surface area (Å²) in [5.41, 5.74) is -0.503. The molecule has 23 heavy (non-hydrogen) atoms. The lowest BCUT2D eigenvalue weighted by molar-refractivity contribution is -0.135. The molecule has 0 unspecified atom stereocenters. The Bertz CT molecular complexity index is 590. The molecule has 0 aromatic heterocycles. The van der Waals surface area contributed by atoms with Gasteiger partial charge < -0.3 is 9.80 Å². The second kappa shape index (κ2) is 6.39. The summed E-state index contributed by atoms with van der Waals surface area (Å²) in [5, 5.41) is 0. The molecule has 2 aliphatic rings. The van der Waals surface area contributed by atoms with Crippen LogP contribution in [0.5, 0.6) is 0 Å². The average molecular weight is 345 g/mol. The first kappa shape index (κ1) is 18.2. The van der Waals surface area contributed by atoms with E-state index in [1.165, 1.54) is 10.6 Å². The number of hydrogen-bond acceptors (Lipinski definition) is 4. The van der Waals surface area contributed by atoms with Crippen molar-refractivity contribution >= 4 is 21.8 Å². The molecule has 0 aromatic rings. The molecular formula is C15H27N3O4S. The van der Waals surface area contributed by atoms with Gasteiger partial charge in [0.25, 0.3) is 0 Å². The van der Waals surface area contributed by atoms with Crippen LogP contribution in [-0.4, -0.2) is 79.9 Å². The van der Waals surface area contributed by atoms with Gasteiger partial charge in [0.2, 0.25) is 21.8 Å². The summed E-state index contributed by atoms with van der Waals surface area (Å²) >= 11 is 0. The zero-order chi connectivity index (χ0) is 17.4. The highest BCUT2D eigenvalue weighted by molar-refractivity contribution is 7.88. The Hall–Kier alpha value is -1.15. The van der Waals surface area contributed by atoms with Gasteiger partial charge in [-0.3, -0.25) is 9.59 Å². The maximum atomic E-state index is 12.4. The molecule has 1 atom stereocenters. The Morgan fingerprint density at radius 2 is 1.87 bits per heavy atom. The van der Waals surface area contributed by atoms with Gasteiger partial charge in [-0.25, -0.2) is 8.42 Å². The maximum absolute atomic E-state index is 12.4. The molecule has 7 nitrogen and oxygen atoms in total. The van der Waals surface area contributed by atoms with Gasteiger partial charge in [0.05, 0.1) is 6.26 Å². The fraction of sp³-hybridized carbons (Fsp3) is 0.867. The summed E-state index contributed by atoms with van der Waals surface area (Å²) in [6.45, 7) is 8.13. The van der Waals surface area contributed by atoms with Crippen molar-refractivity contribution in [1.82, 2.24) is 14.1 Å². The third-order valence-corrected chi connectivity index (χ3v) is 5.97. The van der Waals surface area contributed by atoms with Crippen molar-refractivity contribution in [2.24, 2.45) is 11.3 Å². The van der Waals surface area contributed by atoms with Gasteiger partial charge in [-0.15, -0.1) is 0 Å². The van der Waals surface area contributed by atoms with Crippen LogP contribution in [-0.2, 0) is 19.6 Å². The third-order valence-electron chi connectivity index (χ3n) is 4.72. The first-order valence-electron chi connectivity index (χ1n) is 8.10. The molecule has 0 aromatic carbocycles. The molecular weight excluding hydrogens is 318 g/mol. The lowest BCUT2D eigenvalue weighted by Gasteiger charge is -2.33. The van der Waals surface area contributed by atoms with Gasteiger partial charge in [0.1, 0.15) is 0 Å². The number of sulfonamides is 1. The van der Waals surface area contributed by atoms with E-state index in [0.717, 1.165) is 0 Å². The summed E-state index contributed by atoms with van der Waals surface area (Å²) in [4.78, 5) is 28.1. The quantitative estimate of drug-likeness (QED) is 0.720. The molecule has 1 spiro atoms. The number of amides is 2. The summed E-state index contributed by atoms with van der Waals surface area (Å²) in [6.07, 6.45) is 1.49. The Morgan fingerprint density at radius 1 is 1.22 bits per heavy atom. The number of carbonyl (C=O) groups excluding carboxylic acids is 2. The lowest BCUT2D eigenvalue weighted by atomic mass is 9.86. The first-order valence-corrected chi connectivity index (χ1v) is 9.94. The average Bonchev–Trinajstić information content (AvgIpc) is 2.63. The highest BCUT2D eigenvalue weighted by Crippen LogP contribution is 2.35. The highest BCUT2D eigenvalue weighted by atomic mass is 32.2. The summed E-state index contributed by atoms with van der Waals surface area (Å²) in [6, 6.07) is 0. The monoisotopic (exact) mass is 345 g/mol. The smallest absolute Gasteiger partial charge is 0.225 e. The Labute approximate surface area is 138 Å². The Kier molecular flexibility index (Phi) is 5.06. The predicted molar refractivity (Wildman–Crippen MR) is 87.1 cm³/mol. The van der Waals surface area contributed by atoms with E-state index < -0.39 is 15.4 Å². The molecule has 8 heteroatoms. The first-order chi connectivity index (χ1) is 10.6. The predicted octanol–water partition coefficient (Wildman–Crippen LogP) is -0.0152. The van der Waals surface area contributed by atoms with E-state index in [2.05, 4.69) is 0 Å². The van der Waals surface area contributed by atoms with Crippen LogP contribution in [0.1, 0.15) is 27.2 Å². The van der Waals surface area contributed by atoms with Crippen molar-refractivity contribution in [2.75, 3.05) is 45.5 Å². The largest absolute Gasteiger partial charge is 0.342 e. The van der Waals surface area contributed by atoms with Crippen molar-refractivity contribution < 1.29 is 18.0 Å². The number of hydrogen-bond donors (Lipinski definition) is 0.